The zero-order chi connectivity index (χ0) is 54.8. The maximum absolute atomic E-state index is 11.2. The van der Waals surface area contributed by atoms with E-state index in [2.05, 4.69) is 0 Å². The number of fused-ring (bicyclic) bond motifs is 4. The quantitative estimate of drug-likeness (QED) is 0.0690. The Morgan fingerprint density at radius 3 is 1.35 bits per heavy atom. The molecule has 4 heterocycles. The molecule has 0 aromatic heterocycles. The van der Waals surface area contributed by atoms with E-state index in [1.807, 2.05) is 24.3 Å². The van der Waals surface area contributed by atoms with E-state index in [1.165, 1.54) is 72.8 Å². The second-order valence-electron chi connectivity index (χ2n) is 19.8. The number of aliphatic hydroxyl groups excluding tert-OH is 2. The van der Waals surface area contributed by atoms with Crippen LogP contribution >= 0.6 is 0 Å². The second kappa shape index (κ2) is 19.9. The lowest BCUT2D eigenvalue weighted by atomic mass is 9.79. The Balaban J connectivity index is 0.000000166. The van der Waals surface area contributed by atoms with E-state index in [0.717, 1.165) is 11.1 Å². The number of aromatic hydroxyl groups is 12. The summed E-state index contributed by atoms with van der Waals surface area (Å²) in [5.41, 5.74) is 5.51. The van der Waals surface area contributed by atoms with Gasteiger partial charge in [0.2, 0.25) is 0 Å². The predicted molar refractivity (Wildman–Crippen MR) is 277 cm³/mol. The van der Waals surface area contributed by atoms with Gasteiger partial charge >= 0.3 is 0 Å². The van der Waals surface area contributed by atoms with E-state index >= 15 is 0 Å². The Bertz CT molecular complexity index is 3630. The molecule has 0 aliphatic carbocycles. The smallest absolute Gasteiger partial charge is 0.157 e. The highest BCUT2D eigenvalue weighted by molar-refractivity contribution is 5.64. The lowest BCUT2D eigenvalue weighted by molar-refractivity contribution is 0.0184. The van der Waals surface area contributed by atoms with Crippen LogP contribution in [0.2, 0.25) is 0 Å². The van der Waals surface area contributed by atoms with Crippen LogP contribution < -0.4 is 18.9 Å². The number of rotatable bonds is 6. The summed E-state index contributed by atoms with van der Waals surface area (Å²) in [6.07, 6.45) is -4.24. The third-order valence-corrected chi connectivity index (χ3v) is 14.9. The zero-order valence-electron chi connectivity index (χ0n) is 41.0. The van der Waals surface area contributed by atoms with Gasteiger partial charge < -0.3 is 90.4 Å². The Hall–Kier alpha value is -9.52. The minimum Gasteiger partial charge on any atom is -0.508 e. The highest BCUT2D eigenvalue weighted by Crippen LogP contribution is 2.56. The first-order valence-corrected chi connectivity index (χ1v) is 24.8. The fraction of sp³-hybridized carbons (Fsp3) is 0.200. The van der Waals surface area contributed by atoms with Gasteiger partial charge in [-0.1, -0.05) is 54.6 Å². The summed E-state index contributed by atoms with van der Waals surface area (Å²) >= 11 is 0. The molecule has 14 N–H and O–H groups in total. The summed E-state index contributed by atoms with van der Waals surface area (Å²) in [5, 5.41) is 144. The van der Waals surface area contributed by atoms with Gasteiger partial charge in [0, 0.05) is 70.2 Å². The maximum Gasteiger partial charge on any atom is 0.157 e. The average Bonchev–Trinajstić information content (AvgIpc) is 3.44. The number of benzene rings is 8. The summed E-state index contributed by atoms with van der Waals surface area (Å²) in [5.74, 6) is -2.19. The number of hydrogen-bond donors (Lipinski definition) is 14. The van der Waals surface area contributed by atoms with E-state index in [-0.39, 0.29) is 99.7 Å². The Kier molecular flexibility index (Phi) is 12.9. The minimum atomic E-state index is -1.12. The SMILES string of the molecule is Oc1ccc(C2Oc3c([C@@H]4C[C@@H](c5ccc(O)c(O)c5)Oc5ccccc54)ccc(O)c3C[C@@H]2O)cc1O.Oc1ccc2c(c1)O[C@H](c1ccc(O)c(O)c1)C[C@@H]2c1c(O)cc(O)c2c1OC(c1ccc(O)c(O)c1)[C@@H](O)C2. The van der Waals surface area contributed by atoms with Crippen molar-refractivity contribution in [3.05, 3.63) is 189 Å². The summed E-state index contributed by atoms with van der Waals surface area (Å²) in [6, 6.07) is 34.0. The van der Waals surface area contributed by atoms with Gasteiger partial charge in [0.05, 0.1) is 12.2 Å². The van der Waals surface area contributed by atoms with E-state index in [9.17, 15) is 71.5 Å². The molecule has 78 heavy (non-hydrogen) atoms. The molecule has 4 aliphatic heterocycles. The molecule has 18 heteroatoms. The first-order chi connectivity index (χ1) is 37.4. The van der Waals surface area contributed by atoms with E-state index in [1.54, 1.807) is 36.4 Å². The molecule has 0 bridgehead atoms. The number of phenols is 12. The minimum absolute atomic E-state index is 0.00940. The van der Waals surface area contributed by atoms with Crippen LogP contribution in [-0.2, 0) is 12.8 Å². The molecule has 0 amide bonds. The van der Waals surface area contributed by atoms with Crippen molar-refractivity contribution in [3.8, 4) is 92.0 Å². The van der Waals surface area contributed by atoms with E-state index in [4.69, 9.17) is 18.9 Å². The van der Waals surface area contributed by atoms with Gasteiger partial charge in [-0.2, -0.15) is 0 Å². The third-order valence-electron chi connectivity index (χ3n) is 14.9. The first-order valence-electron chi connectivity index (χ1n) is 24.8. The van der Waals surface area contributed by atoms with Crippen LogP contribution in [0.25, 0.3) is 0 Å². The molecular formula is C60H52O18. The molecule has 0 spiro atoms. The normalized spacial score (nSPS) is 21.8. The molecule has 8 aromatic carbocycles. The fourth-order valence-electron chi connectivity index (χ4n) is 11.0. The van der Waals surface area contributed by atoms with E-state index < -0.39 is 48.3 Å². The lowest BCUT2D eigenvalue weighted by Crippen LogP contribution is -2.31. The molecule has 0 fully saturated rings. The van der Waals surface area contributed by atoms with Crippen LogP contribution in [0, 0.1) is 0 Å². The van der Waals surface area contributed by atoms with Crippen molar-refractivity contribution in [1.29, 1.82) is 0 Å². The van der Waals surface area contributed by atoms with Crippen LogP contribution in [0.1, 0.15) is 105 Å². The van der Waals surface area contributed by atoms with Crippen molar-refractivity contribution in [2.75, 3.05) is 0 Å². The molecule has 12 rings (SSSR count). The molecule has 0 saturated carbocycles. The summed E-state index contributed by atoms with van der Waals surface area (Å²) in [6.45, 7) is 0. The van der Waals surface area contributed by atoms with Gasteiger partial charge in [0.15, 0.2) is 46.0 Å². The summed E-state index contributed by atoms with van der Waals surface area (Å²) < 4.78 is 25.1. The van der Waals surface area contributed by atoms with Gasteiger partial charge in [0.1, 0.15) is 70.4 Å². The summed E-state index contributed by atoms with van der Waals surface area (Å²) in [4.78, 5) is 0. The van der Waals surface area contributed by atoms with Gasteiger partial charge in [-0.25, -0.2) is 0 Å². The van der Waals surface area contributed by atoms with Crippen LogP contribution in [0.4, 0.5) is 0 Å². The number of aliphatic hydroxyl groups is 2. The molecular weight excluding hydrogens is 1010 g/mol. The summed E-state index contributed by atoms with van der Waals surface area (Å²) in [7, 11) is 0. The van der Waals surface area contributed by atoms with Crippen molar-refractivity contribution < 1.29 is 90.4 Å². The number of hydrogen-bond acceptors (Lipinski definition) is 18. The molecule has 8 aromatic rings. The molecule has 0 radical (unpaired) electrons. The van der Waals surface area contributed by atoms with Crippen molar-refractivity contribution in [2.24, 2.45) is 0 Å². The number of phenolic OH excluding ortho intramolecular Hbond substituents is 12. The maximum atomic E-state index is 11.2. The van der Waals surface area contributed by atoms with Crippen LogP contribution in [0.3, 0.4) is 0 Å². The molecule has 18 nitrogen and oxygen atoms in total. The van der Waals surface area contributed by atoms with Crippen molar-refractivity contribution in [2.45, 2.75) is 74.1 Å². The van der Waals surface area contributed by atoms with E-state index in [0.29, 0.717) is 62.6 Å². The van der Waals surface area contributed by atoms with Crippen LogP contribution in [-0.4, -0.2) is 83.7 Å². The average molecular weight is 1060 g/mol. The zero-order valence-corrected chi connectivity index (χ0v) is 41.0. The Morgan fingerprint density at radius 2 is 0.782 bits per heavy atom. The fourth-order valence-corrected chi connectivity index (χ4v) is 11.0. The highest BCUT2D eigenvalue weighted by Gasteiger charge is 2.42. The number of para-hydroxylation sites is 1. The van der Waals surface area contributed by atoms with Crippen molar-refractivity contribution in [1.82, 2.24) is 0 Å². The second-order valence-corrected chi connectivity index (χ2v) is 19.8. The molecule has 8 atom stereocenters. The predicted octanol–water partition coefficient (Wildman–Crippen LogP) is 9.23. The van der Waals surface area contributed by atoms with Crippen LogP contribution in [0.15, 0.2) is 133 Å². The monoisotopic (exact) mass is 1060 g/mol. The van der Waals surface area contributed by atoms with Gasteiger partial charge in [-0.3, -0.25) is 0 Å². The molecule has 4 aliphatic rings. The Morgan fingerprint density at radius 1 is 0.333 bits per heavy atom. The highest BCUT2D eigenvalue weighted by atomic mass is 16.5. The first kappa shape index (κ1) is 50.6. The topological polar surface area (TPSA) is 320 Å². The molecule has 0 saturated heterocycles. The lowest BCUT2D eigenvalue weighted by Gasteiger charge is -2.37. The largest absolute Gasteiger partial charge is 0.508 e. The van der Waals surface area contributed by atoms with Crippen LogP contribution in [0.5, 0.6) is 92.0 Å². The standard InChI is InChI=1S/C30H26O10.C30H26O8/c31-15-3-4-16-17(11-26(39-27(16)9-15)13-1-5-19(32)22(35)7-13)28-24(37)12-21(34)18-10-25(38)29(40-30(18)28)14-2-6-20(33)23(36)8-14;31-21-10-7-18(30-20(21)13-26(36)29(38-30)16-6-9-23(33)25(35)12-16)19-14-28(15-5-8-22(32)24(34)11-15)37-27-4-2-1-3-17(19)27/h1-9,12,17,25-26,29,31-38H,10-11H2;1-12,19,26,28-29,31-36H,13-14H2/t17-,25-,26-,29?;19-,26+,28+,29?/m01/s1. The molecule has 2 unspecified atom stereocenters. The Labute approximate surface area is 444 Å². The number of ether oxygens (including phenoxy) is 4. The van der Waals surface area contributed by atoms with Gasteiger partial charge in [-0.15, -0.1) is 0 Å². The van der Waals surface area contributed by atoms with Crippen molar-refractivity contribution in [3.63, 3.8) is 0 Å². The van der Waals surface area contributed by atoms with Gasteiger partial charge in [-0.05, 0) is 102 Å². The van der Waals surface area contributed by atoms with Gasteiger partial charge in [0.25, 0.3) is 0 Å². The molecule has 400 valence electrons. The third kappa shape index (κ3) is 9.26. The van der Waals surface area contributed by atoms with Crippen molar-refractivity contribution >= 4 is 0 Å².